The van der Waals surface area contributed by atoms with Crippen LogP contribution in [0.15, 0.2) is 47.5 Å². The van der Waals surface area contributed by atoms with Crippen LogP contribution in [0.1, 0.15) is 126 Å². The third-order valence-corrected chi connectivity index (χ3v) is 9.28. The summed E-state index contributed by atoms with van der Waals surface area (Å²) in [6.45, 7) is 17.5. The second kappa shape index (κ2) is 20.7. The summed E-state index contributed by atoms with van der Waals surface area (Å²) in [6, 6.07) is 11.3. The van der Waals surface area contributed by atoms with Gasteiger partial charge in [0.25, 0.3) is 0 Å². The van der Waals surface area contributed by atoms with Gasteiger partial charge in [0.1, 0.15) is 0 Å². The fourth-order valence-electron chi connectivity index (χ4n) is 5.82. The molecule has 1 saturated heterocycles. The topological polar surface area (TPSA) is 41.9 Å². The first-order valence-corrected chi connectivity index (χ1v) is 17.4. The summed E-state index contributed by atoms with van der Waals surface area (Å²) in [5.74, 6) is 2.15. The van der Waals surface area contributed by atoms with Crippen molar-refractivity contribution in [3.63, 3.8) is 0 Å². The number of likely N-dealkylation sites (tertiary alicyclic amines) is 1. The molecule has 4 nitrogen and oxygen atoms in total. The fourth-order valence-corrected chi connectivity index (χ4v) is 5.82. The number of hydrogen-bond donors (Lipinski definition) is 0. The molecular formula is C39H59F3N2O2. The number of methoxy groups -OCH3 is 1. The molecule has 0 amide bonds. The van der Waals surface area contributed by atoms with E-state index in [0.717, 1.165) is 49.2 Å². The van der Waals surface area contributed by atoms with Crippen molar-refractivity contribution in [3.05, 3.63) is 64.7 Å². The Labute approximate surface area is 277 Å². The molecular weight excluding hydrogens is 585 g/mol. The largest absolute Gasteiger partial charge is 0.416 e. The summed E-state index contributed by atoms with van der Waals surface area (Å²) in [6.07, 6.45) is 7.37. The van der Waals surface area contributed by atoms with E-state index in [1.54, 1.807) is 7.11 Å². The Morgan fingerprint density at radius 2 is 1.70 bits per heavy atom. The highest BCUT2D eigenvalue weighted by Gasteiger charge is 2.30. The average molecular weight is 645 g/mol. The molecule has 7 heteroatoms. The van der Waals surface area contributed by atoms with Crippen LogP contribution in [0.4, 0.5) is 18.9 Å². The SMILES string of the molecule is CCC(C)C(C)=Nc1cc(CN2CCCCC2)ccc1C.CCCC(=O)c1cccc(C(F)(F)F)c1.COCC1CCC(C)CC1. The molecule has 2 aliphatic rings. The van der Waals surface area contributed by atoms with E-state index < -0.39 is 11.7 Å². The predicted octanol–water partition coefficient (Wildman–Crippen LogP) is 11.3. The van der Waals surface area contributed by atoms with Crippen molar-refractivity contribution in [2.75, 3.05) is 26.8 Å². The number of hydrogen-bond acceptors (Lipinski definition) is 4. The Bertz CT molecular complexity index is 1200. The molecule has 0 spiro atoms. The number of ketones is 1. The van der Waals surface area contributed by atoms with E-state index in [9.17, 15) is 18.0 Å². The molecule has 2 aromatic rings. The minimum absolute atomic E-state index is 0.131. The summed E-state index contributed by atoms with van der Waals surface area (Å²) >= 11 is 0. The van der Waals surface area contributed by atoms with Crippen LogP contribution < -0.4 is 0 Å². The first-order valence-electron chi connectivity index (χ1n) is 17.4. The predicted molar refractivity (Wildman–Crippen MR) is 186 cm³/mol. The Kier molecular flexibility index (Phi) is 17.8. The molecule has 1 saturated carbocycles. The lowest BCUT2D eigenvalue weighted by molar-refractivity contribution is -0.137. The zero-order valence-corrected chi connectivity index (χ0v) is 29.5. The minimum atomic E-state index is -4.39. The van der Waals surface area contributed by atoms with Crippen LogP contribution >= 0.6 is 0 Å². The maximum absolute atomic E-state index is 12.3. The molecule has 46 heavy (non-hydrogen) atoms. The van der Waals surface area contributed by atoms with Crippen LogP contribution in [0, 0.1) is 24.7 Å². The molecule has 1 unspecified atom stereocenters. The molecule has 1 heterocycles. The molecule has 258 valence electrons. The number of aliphatic imine (C=N–C) groups is 1. The van der Waals surface area contributed by atoms with E-state index in [1.807, 2.05) is 6.92 Å². The molecule has 0 N–H and O–H groups in total. The van der Waals surface area contributed by atoms with E-state index in [-0.39, 0.29) is 17.8 Å². The number of aryl methyl sites for hydroxylation is 1. The number of carbonyl (C=O) groups is 1. The number of nitrogens with zero attached hydrogens (tertiary/aromatic N) is 2. The highest BCUT2D eigenvalue weighted by atomic mass is 19.4. The van der Waals surface area contributed by atoms with Gasteiger partial charge in [0.05, 0.1) is 11.3 Å². The lowest BCUT2D eigenvalue weighted by atomic mass is 9.83. The van der Waals surface area contributed by atoms with Gasteiger partial charge in [-0.25, -0.2) is 0 Å². The maximum atomic E-state index is 12.3. The van der Waals surface area contributed by atoms with Gasteiger partial charge in [-0.3, -0.25) is 14.7 Å². The maximum Gasteiger partial charge on any atom is 0.416 e. The molecule has 2 aromatic carbocycles. The molecule has 1 atom stereocenters. The number of Topliss-reactive ketones (excluding diaryl/α,β-unsaturated/α-hetero) is 1. The second-order valence-electron chi connectivity index (χ2n) is 13.4. The van der Waals surface area contributed by atoms with Gasteiger partial charge in [-0.1, -0.05) is 71.2 Å². The van der Waals surface area contributed by atoms with Crippen LogP contribution in [0.25, 0.3) is 0 Å². The third-order valence-electron chi connectivity index (χ3n) is 9.28. The van der Waals surface area contributed by atoms with Crippen LogP contribution in [0.5, 0.6) is 0 Å². The molecule has 1 aliphatic carbocycles. The molecule has 0 radical (unpaired) electrons. The van der Waals surface area contributed by atoms with Gasteiger partial charge in [-0.2, -0.15) is 13.2 Å². The number of halogens is 3. The van der Waals surface area contributed by atoms with Crippen molar-refractivity contribution in [3.8, 4) is 0 Å². The summed E-state index contributed by atoms with van der Waals surface area (Å²) in [7, 11) is 1.80. The van der Waals surface area contributed by atoms with E-state index in [0.29, 0.717) is 12.3 Å². The van der Waals surface area contributed by atoms with Gasteiger partial charge in [0.15, 0.2) is 5.78 Å². The molecule has 0 aromatic heterocycles. The van der Waals surface area contributed by atoms with Crippen LogP contribution in [-0.4, -0.2) is 43.2 Å². The number of rotatable bonds is 10. The van der Waals surface area contributed by atoms with Crippen molar-refractivity contribution in [2.45, 2.75) is 118 Å². The summed E-state index contributed by atoms with van der Waals surface area (Å²) in [4.78, 5) is 18.8. The standard InChI is InChI=1S/C19H30N2.C11H11F3O.C9H18O/c1-5-15(2)17(4)20-19-13-18(10-9-16(19)3)14-21-11-7-6-8-12-21;1-2-4-10(15)8-5-3-6-9(7-8)11(12,13)14;1-8-3-5-9(6-4-8)7-10-2/h9-10,13,15H,5-8,11-12,14H2,1-4H3;3,5-7H,2,4H2,1H3;8-9H,3-7H2,1-2H3. The smallest absolute Gasteiger partial charge is 0.384 e. The Hall–Kier alpha value is -2.51. The lowest BCUT2D eigenvalue weighted by Gasteiger charge is -2.26. The van der Waals surface area contributed by atoms with Crippen molar-refractivity contribution >= 4 is 17.2 Å². The van der Waals surface area contributed by atoms with E-state index >= 15 is 0 Å². The third kappa shape index (κ3) is 14.5. The first kappa shape index (κ1) is 39.7. The van der Waals surface area contributed by atoms with Crippen molar-refractivity contribution in [1.29, 1.82) is 0 Å². The zero-order chi connectivity index (χ0) is 34.1. The minimum Gasteiger partial charge on any atom is -0.384 e. The number of piperidine rings is 1. The van der Waals surface area contributed by atoms with Crippen LogP contribution in [0.2, 0.25) is 0 Å². The zero-order valence-electron chi connectivity index (χ0n) is 29.5. The summed E-state index contributed by atoms with van der Waals surface area (Å²) < 4.78 is 42.0. The summed E-state index contributed by atoms with van der Waals surface area (Å²) in [5, 5.41) is 0. The van der Waals surface area contributed by atoms with E-state index in [1.165, 1.54) is 87.0 Å². The number of carbonyl (C=O) groups excluding carboxylic acids is 1. The molecule has 1 aliphatic heterocycles. The second-order valence-corrected chi connectivity index (χ2v) is 13.4. The number of ether oxygens (including phenoxy) is 1. The molecule has 4 rings (SSSR count). The van der Waals surface area contributed by atoms with E-state index in [2.05, 4.69) is 57.7 Å². The first-order chi connectivity index (χ1) is 21.9. The van der Waals surface area contributed by atoms with Crippen LogP contribution in [-0.2, 0) is 17.5 Å². The van der Waals surface area contributed by atoms with Gasteiger partial charge < -0.3 is 4.74 Å². The average Bonchev–Trinajstić information content (AvgIpc) is 3.04. The molecule has 2 fully saturated rings. The van der Waals surface area contributed by atoms with Crippen molar-refractivity contribution < 1.29 is 22.7 Å². The van der Waals surface area contributed by atoms with Gasteiger partial charge in [0, 0.05) is 38.0 Å². The number of benzene rings is 2. The highest BCUT2D eigenvalue weighted by molar-refractivity contribution is 5.96. The van der Waals surface area contributed by atoms with E-state index in [4.69, 9.17) is 9.73 Å². The fraction of sp³-hybridized carbons (Fsp3) is 0.641. The number of alkyl halides is 3. The summed E-state index contributed by atoms with van der Waals surface area (Å²) in [5.41, 5.74) is 4.44. The van der Waals surface area contributed by atoms with Gasteiger partial charge >= 0.3 is 6.18 Å². The Morgan fingerprint density at radius 1 is 1.02 bits per heavy atom. The van der Waals surface area contributed by atoms with Gasteiger partial charge in [-0.05, 0) is 113 Å². The van der Waals surface area contributed by atoms with Gasteiger partial charge in [0.2, 0.25) is 0 Å². The quantitative estimate of drug-likeness (QED) is 0.191. The Morgan fingerprint density at radius 3 is 2.28 bits per heavy atom. The normalized spacial score (nSPS) is 19.7. The Balaban J connectivity index is 0.000000257. The molecule has 0 bridgehead atoms. The lowest BCUT2D eigenvalue weighted by Crippen LogP contribution is -2.29. The van der Waals surface area contributed by atoms with Crippen molar-refractivity contribution in [1.82, 2.24) is 4.90 Å². The monoisotopic (exact) mass is 644 g/mol. The van der Waals surface area contributed by atoms with Crippen LogP contribution in [0.3, 0.4) is 0 Å². The van der Waals surface area contributed by atoms with Gasteiger partial charge in [-0.15, -0.1) is 0 Å². The van der Waals surface area contributed by atoms with Crippen molar-refractivity contribution in [2.24, 2.45) is 22.7 Å². The highest BCUT2D eigenvalue weighted by Crippen LogP contribution is 2.30.